The van der Waals surface area contributed by atoms with Gasteiger partial charge in [-0.2, -0.15) is 0 Å². The Morgan fingerprint density at radius 1 is 1.41 bits per heavy atom. The summed E-state index contributed by atoms with van der Waals surface area (Å²) in [4.78, 5) is 37.2. The largest absolute Gasteiger partial charge is 0.474 e. The average molecular weight is 298 g/mol. The maximum atomic E-state index is 12.7. The number of pyridine rings is 1. The van der Waals surface area contributed by atoms with Crippen LogP contribution in [-0.2, 0) is 0 Å². The number of amides is 1. The van der Waals surface area contributed by atoms with Gasteiger partial charge in [0.25, 0.3) is 11.5 Å². The molecule has 2 aromatic rings. The van der Waals surface area contributed by atoms with Crippen LogP contribution in [0, 0.1) is 0 Å². The number of aromatic nitrogens is 3. The van der Waals surface area contributed by atoms with Crippen LogP contribution in [0.2, 0.25) is 0 Å². The summed E-state index contributed by atoms with van der Waals surface area (Å²) >= 11 is 0. The van der Waals surface area contributed by atoms with E-state index in [2.05, 4.69) is 15.0 Å². The van der Waals surface area contributed by atoms with Gasteiger partial charge in [-0.05, 0) is 25.0 Å². The number of fused-ring (bicyclic) bond motifs is 1. The summed E-state index contributed by atoms with van der Waals surface area (Å²) in [7, 11) is 0. The summed E-state index contributed by atoms with van der Waals surface area (Å²) in [5, 5.41) is 0. The molecule has 112 valence electrons. The Labute approximate surface area is 126 Å². The molecule has 0 bridgehead atoms. The van der Waals surface area contributed by atoms with E-state index in [0.29, 0.717) is 30.5 Å². The van der Waals surface area contributed by atoms with Crippen LogP contribution in [0.5, 0.6) is 5.88 Å². The van der Waals surface area contributed by atoms with Crippen molar-refractivity contribution in [2.75, 3.05) is 18.1 Å². The van der Waals surface area contributed by atoms with Crippen LogP contribution < -0.4 is 15.2 Å². The molecule has 7 nitrogen and oxygen atoms in total. The second kappa shape index (κ2) is 4.94. The Balaban J connectivity index is 1.72. The molecule has 3 heterocycles. The molecule has 4 rings (SSSR count). The third kappa shape index (κ3) is 2.24. The van der Waals surface area contributed by atoms with E-state index >= 15 is 0 Å². The zero-order valence-corrected chi connectivity index (χ0v) is 11.8. The van der Waals surface area contributed by atoms with Gasteiger partial charge in [0, 0.05) is 18.2 Å². The fourth-order valence-electron chi connectivity index (χ4n) is 2.54. The number of H-pyrrole nitrogens is 1. The predicted octanol–water partition coefficient (Wildman–Crippen LogP) is 1.08. The van der Waals surface area contributed by atoms with Gasteiger partial charge in [-0.25, -0.2) is 9.97 Å². The number of rotatable bonds is 2. The van der Waals surface area contributed by atoms with E-state index in [9.17, 15) is 9.59 Å². The van der Waals surface area contributed by atoms with Crippen molar-refractivity contribution >= 4 is 11.6 Å². The maximum absolute atomic E-state index is 12.7. The topological polar surface area (TPSA) is 88.2 Å². The van der Waals surface area contributed by atoms with Crippen molar-refractivity contribution in [2.45, 2.75) is 18.8 Å². The van der Waals surface area contributed by atoms with Gasteiger partial charge >= 0.3 is 0 Å². The molecule has 1 aliphatic heterocycles. The molecule has 1 saturated carbocycles. The molecule has 0 radical (unpaired) electrons. The summed E-state index contributed by atoms with van der Waals surface area (Å²) in [6.07, 6.45) is 3.62. The van der Waals surface area contributed by atoms with Crippen LogP contribution in [-0.4, -0.2) is 34.0 Å². The van der Waals surface area contributed by atoms with Gasteiger partial charge in [-0.15, -0.1) is 0 Å². The molecular formula is C15H14N4O3. The van der Waals surface area contributed by atoms with Crippen LogP contribution >= 0.6 is 0 Å². The lowest BCUT2D eigenvalue weighted by molar-refractivity contribution is 0.0970. The van der Waals surface area contributed by atoms with Crippen molar-refractivity contribution < 1.29 is 9.53 Å². The molecule has 1 amide bonds. The number of aromatic amines is 1. The van der Waals surface area contributed by atoms with Gasteiger partial charge in [0.1, 0.15) is 23.8 Å². The van der Waals surface area contributed by atoms with Crippen LogP contribution in [0.25, 0.3) is 0 Å². The fourth-order valence-corrected chi connectivity index (χ4v) is 2.54. The molecular weight excluding hydrogens is 284 g/mol. The lowest BCUT2D eigenvalue weighted by Crippen LogP contribution is -2.39. The molecule has 0 spiro atoms. The van der Waals surface area contributed by atoms with Crippen molar-refractivity contribution in [1.82, 2.24) is 15.0 Å². The van der Waals surface area contributed by atoms with Crippen LogP contribution in [0.3, 0.4) is 0 Å². The minimum absolute atomic E-state index is 0.169. The minimum Gasteiger partial charge on any atom is -0.474 e. The van der Waals surface area contributed by atoms with E-state index in [4.69, 9.17) is 4.74 Å². The first-order valence-corrected chi connectivity index (χ1v) is 7.23. The lowest BCUT2D eigenvalue weighted by Gasteiger charge is -2.28. The second-order valence-electron chi connectivity index (χ2n) is 5.42. The third-order valence-corrected chi connectivity index (χ3v) is 3.78. The first-order chi connectivity index (χ1) is 10.7. The molecule has 2 aliphatic rings. The highest BCUT2D eigenvalue weighted by atomic mass is 16.5. The molecule has 1 fully saturated rings. The molecule has 2 aromatic heterocycles. The average Bonchev–Trinajstić information content (AvgIpc) is 3.38. The molecule has 7 heteroatoms. The zero-order valence-electron chi connectivity index (χ0n) is 11.8. The summed E-state index contributed by atoms with van der Waals surface area (Å²) in [5.74, 6) is 1.01. The summed E-state index contributed by atoms with van der Waals surface area (Å²) < 4.78 is 5.44. The van der Waals surface area contributed by atoms with E-state index < -0.39 is 0 Å². The quantitative estimate of drug-likeness (QED) is 0.896. The van der Waals surface area contributed by atoms with Crippen LogP contribution in [0.15, 0.2) is 29.2 Å². The minimum atomic E-state index is -0.300. The molecule has 0 unspecified atom stereocenters. The summed E-state index contributed by atoms with van der Waals surface area (Å²) in [6, 6.07) is 4.77. The van der Waals surface area contributed by atoms with Gasteiger partial charge < -0.3 is 9.72 Å². The molecule has 1 aliphatic carbocycles. The Kier molecular flexibility index (Phi) is 2.92. The monoisotopic (exact) mass is 298 g/mol. The van der Waals surface area contributed by atoms with Crippen molar-refractivity contribution in [3.8, 4) is 5.88 Å². The number of hydrogen-bond donors (Lipinski definition) is 1. The van der Waals surface area contributed by atoms with Gasteiger partial charge in [-0.3, -0.25) is 14.5 Å². The van der Waals surface area contributed by atoms with Gasteiger partial charge in [0.15, 0.2) is 0 Å². The molecule has 0 aromatic carbocycles. The van der Waals surface area contributed by atoms with E-state index in [1.807, 2.05) is 0 Å². The van der Waals surface area contributed by atoms with Crippen molar-refractivity contribution in [1.29, 1.82) is 0 Å². The van der Waals surface area contributed by atoms with E-state index in [0.717, 1.165) is 12.8 Å². The van der Waals surface area contributed by atoms with E-state index in [1.165, 1.54) is 6.07 Å². The Bertz CT molecular complexity index is 797. The number of carbonyl (C=O) groups excluding carboxylic acids is 1. The molecule has 0 saturated heterocycles. The summed E-state index contributed by atoms with van der Waals surface area (Å²) in [6.45, 7) is 0.777. The highest BCUT2D eigenvalue weighted by Crippen LogP contribution is 2.37. The molecule has 22 heavy (non-hydrogen) atoms. The van der Waals surface area contributed by atoms with Gasteiger partial charge in [0.05, 0.1) is 6.54 Å². The Morgan fingerprint density at radius 2 is 2.27 bits per heavy atom. The van der Waals surface area contributed by atoms with Crippen LogP contribution in [0.4, 0.5) is 5.69 Å². The number of hydrogen-bond acceptors (Lipinski definition) is 5. The highest BCUT2D eigenvalue weighted by Gasteiger charge is 2.30. The normalized spacial score (nSPS) is 16.8. The predicted molar refractivity (Wildman–Crippen MR) is 78.2 cm³/mol. The third-order valence-electron chi connectivity index (χ3n) is 3.78. The van der Waals surface area contributed by atoms with Gasteiger partial charge in [0.2, 0.25) is 5.88 Å². The van der Waals surface area contributed by atoms with Crippen molar-refractivity contribution in [3.63, 3.8) is 0 Å². The van der Waals surface area contributed by atoms with Crippen molar-refractivity contribution in [2.24, 2.45) is 0 Å². The highest BCUT2D eigenvalue weighted by molar-refractivity contribution is 6.05. The second-order valence-corrected chi connectivity index (χ2v) is 5.42. The molecule has 0 atom stereocenters. The number of nitrogens with zero attached hydrogens (tertiary/aromatic N) is 3. The molecule has 1 N–H and O–H groups in total. The smallest absolute Gasteiger partial charge is 0.277 e. The fraction of sp³-hybridized carbons (Fsp3) is 0.333. The van der Waals surface area contributed by atoms with Crippen molar-refractivity contribution in [3.05, 3.63) is 46.3 Å². The lowest BCUT2D eigenvalue weighted by atomic mass is 10.2. The zero-order chi connectivity index (χ0) is 15.1. The maximum Gasteiger partial charge on any atom is 0.277 e. The summed E-state index contributed by atoms with van der Waals surface area (Å²) in [5.41, 5.74) is 0.482. The van der Waals surface area contributed by atoms with Gasteiger partial charge in [-0.1, -0.05) is 0 Å². The van der Waals surface area contributed by atoms with Crippen LogP contribution in [0.1, 0.15) is 35.1 Å². The Morgan fingerprint density at radius 3 is 3.09 bits per heavy atom. The number of ether oxygens (including phenoxy) is 1. The standard InChI is InChI=1S/C15H14N4O3/c20-12-8-10(17-13(18-12)9-3-4-9)15(21)19-6-7-22-14-11(19)2-1-5-16-14/h1-2,5,8-9H,3-4,6-7H2,(H,17,18,20). The first kappa shape index (κ1) is 13.0. The number of nitrogens with one attached hydrogen (secondary N) is 1. The first-order valence-electron chi connectivity index (χ1n) is 7.23. The van der Waals surface area contributed by atoms with E-state index in [1.54, 1.807) is 23.2 Å². The number of anilines is 1. The van der Waals surface area contributed by atoms with E-state index in [-0.39, 0.29) is 23.1 Å². The Hall–Kier alpha value is -2.70. The number of carbonyl (C=O) groups is 1. The SMILES string of the molecule is O=C(c1cc(=O)[nH]c(C2CC2)n1)N1CCOc2ncccc21.